The Labute approximate surface area is 156 Å². The van der Waals surface area contributed by atoms with E-state index < -0.39 is 42.8 Å². The van der Waals surface area contributed by atoms with Gasteiger partial charge in [0.1, 0.15) is 12.3 Å². The summed E-state index contributed by atoms with van der Waals surface area (Å²) in [6.45, 7) is -0.329. The van der Waals surface area contributed by atoms with Crippen molar-refractivity contribution in [2.24, 2.45) is 16.5 Å². The molecule has 3 rings (SSSR count). The van der Waals surface area contributed by atoms with Crippen LogP contribution in [0.4, 0.5) is 13.2 Å². The van der Waals surface area contributed by atoms with E-state index >= 15 is 0 Å². The molecule has 1 amide bonds. The lowest BCUT2D eigenvalue weighted by Gasteiger charge is -2.34. The molecule has 1 aromatic carbocycles. The number of nitrogens with zero attached hydrogens (tertiary/aromatic N) is 2. The first kappa shape index (κ1) is 19.2. The lowest BCUT2D eigenvalue weighted by atomic mass is 9.90. The van der Waals surface area contributed by atoms with Crippen LogP contribution in [0.3, 0.4) is 0 Å². The first-order valence-electron chi connectivity index (χ1n) is 7.66. The molecule has 2 aliphatic rings. The van der Waals surface area contributed by atoms with Gasteiger partial charge in [-0.3, -0.25) is 9.69 Å². The highest BCUT2D eigenvalue weighted by molar-refractivity contribution is 6.42. The molecule has 0 aliphatic carbocycles. The average Bonchev–Trinajstić information content (AvgIpc) is 3.27. The van der Waals surface area contributed by atoms with Gasteiger partial charge in [-0.25, -0.2) is 0 Å². The maximum atomic E-state index is 12.7. The zero-order valence-corrected chi connectivity index (χ0v) is 14.8. The Morgan fingerprint density at radius 2 is 1.85 bits per heavy atom. The third-order valence-electron chi connectivity index (χ3n) is 4.26. The molecule has 26 heavy (non-hydrogen) atoms. The number of halogens is 5. The molecule has 0 spiro atoms. The van der Waals surface area contributed by atoms with Crippen LogP contribution in [0.5, 0.6) is 0 Å². The topological polar surface area (TPSA) is 97.2 Å². The number of nitrogens with two attached hydrogens (primary N) is 2. The number of carbonyl (C=O) groups excluding carboxylic acids is 1. The molecule has 1 aromatic rings. The van der Waals surface area contributed by atoms with Gasteiger partial charge in [0, 0.05) is 19.0 Å². The molecule has 1 fully saturated rings. The number of carbonyl (C=O) groups is 1. The van der Waals surface area contributed by atoms with Crippen molar-refractivity contribution in [1.29, 1.82) is 0 Å². The van der Waals surface area contributed by atoms with Gasteiger partial charge in [-0.2, -0.15) is 18.2 Å². The molecule has 11 heteroatoms. The number of hydrogen-bond donors (Lipinski definition) is 2. The second-order valence-electron chi connectivity index (χ2n) is 6.10. The summed E-state index contributed by atoms with van der Waals surface area (Å²) in [5, 5.41) is 0.539. The van der Waals surface area contributed by atoms with Crippen LogP contribution in [-0.4, -0.2) is 35.7 Å². The molecular weight excluding hydrogens is 396 g/mol. The molecule has 3 atom stereocenters. The van der Waals surface area contributed by atoms with Crippen molar-refractivity contribution in [2.45, 2.75) is 37.4 Å². The van der Waals surface area contributed by atoms with Gasteiger partial charge in [0.15, 0.2) is 5.96 Å². The van der Waals surface area contributed by atoms with E-state index in [1.807, 2.05) is 0 Å². The highest BCUT2D eigenvalue weighted by Gasteiger charge is 2.53. The third kappa shape index (κ3) is 4.06. The molecule has 0 aromatic heterocycles. The second kappa shape index (κ2) is 6.88. The third-order valence-corrected chi connectivity index (χ3v) is 4.98. The van der Waals surface area contributed by atoms with Gasteiger partial charge < -0.3 is 16.2 Å². The highest BCUT2D eigenvalue weighted by atomic mass is 35.5. The number of amides is 1. The fraction of sp³-hybridized carbons (Fsp3) is 0.467. The van der Waals surface area contributed by atoms with E-state index in [9.17, 15) is 18.0 Å². The number of benzene rings is 1. The molecule has 0 bridgehead atoms. The maximum Gasteiger partial charge on any atom is 0.390 e. The molecular formula is C15H15Cl2F3N4O2. The van der Waals surface area contributed by atoms with Crippen LogP contribution >= 0.6 is 23.2 Å². The zero-order chi connectivity index (χ0) is 19.2. The van der Waals surface area contributed by atoms with Gasteiger partial charge in [-0.1, -0.05) is 23.2 Å². The van der Waals surface area contributed by atoms with Crippen molar-refractivity contribution >= 4 is 35.1 Å². The molecule has 6 nitrogen and oxygen atoms in total. The molecule has 2 aliphatic heterocycles. The summed E-state index contributed by atoms with van der Waals surface area (Å²) < 4.78 is 43.6. The lowest BCUT2D eigenvalue weighted by Crippen LogP contribution is -2.39. The van der Waals surface area contributed by atoms with Crippen molar-refractivity contribution in [1.82, 2.24) is 4.90 Å². The van der Waals surface area contributed by atoms with Crippen LogP contribution in [0.25, 0.3) is 0 Å². The van der Waals surface area contributed by atoms with Gasteiger partial charge in [0.05, 0.1) is 16.5 Å². The Balaban J connectivity index is 1.95. The van der Waals surface area contributed by atoms with Crippen LogP contribution in [-0.2, 0) is 9.53 Å². The van der Waals surface area contributed by atoms with E-state index in [1.165, 1.54) is 4.90 Å². The van der Waals surface area contributed by atoms with Crippen molar-refractivity contribution < 1.29 is 22.7 Å². The summed E-state index contributed by atoms with van der Waals surface area (Å²) >= 11 is 12.1. The predicted octanol–water partition coefficient (Wildman–Crippen LogP) is 2.89. The molecule has 2 heterocycles. The van der Waals surface area contributed by atoms with Crippen LogP contribution in [0.2, 0.25) is 10.0 Å². The maximum absolute atomic E-state index is 12.7. The smallest absolute Gasteiger partial charge is 0.370 e. The first-order valence-corrected chi connectivity index (χ1v) is 8.41. The number of hydrogen-bond acceptors (Lipinski definition) is 3. The van der Waals surface area contributed by atoms with Crippen molar-refractivity contribution in [3.05, 3.63) is 33.3 Å². The summed E-state index contributed by atoms with van der Waals surface area (Å²) in [4.78, 5) is 17.0. The van der Waals surface area contributed by atoms with Crippen LogP contribution in [0.15, 0.2) is 17.1 Å². The highest BCUT2D eigenvalue weighted by Crippen LogP contribution is 2.53. The Morgan fingerprint density at radius 3 is 2.42 bits per heavy atom. The summed E-state index contributed by atoms with van der Waals surface area (Å²) in [7, 11) is 0. The van der Waals surface area contributed by atoms with Crippen LogP contribution < -0.4 is 11.5 Å². The first-order chi connectivity index (χ1) is 12.1. The van der Waals surface area contributed by atoms with E-state index in [1.54, 1.807) is 12.1 Å². The SMILES string of the molecule is NC(N)=NC(=O)CC1c2cc(Cl)c(Cl)cc2C2OC2N1CCC(F)(F)F. The predicted molar refractivity (Wildman–Crippen MR) is 89.6 cm³/mol. The Morgan fingerprint density at radius 1 is 1.23 bits per heavy atom. The summed E-state index contributed by atoms with van der Waals surface area (Å²) in [6, 6.07) is 2.45. The molecule has 3 unspecified atom stereocenters. The van der Waals surface area contributed by atoms with Gasteiger partial charge in [0.25, 0.3) is 5.91 Å². The minimum Gasteiger partial charge on any atom is -0.370 e. The number of ether oxygens (including phenoxy) is 1. The average molecular weight is 411 g/mol. The number of rotatable bonds is 4. The standard InChI is InChI=1S/C15H15Cl2F3N4O2/c16-8-3-6-7(4-9(8)17)12-13(26-12)24(2-1-15(18,19)20)10(6)5-11(25)23-14(21)22/h3-4,10,12-13H,1-2,5H2,(H4,21,22,23,25). The van der Waals surface area contributed by atoms with E-state index in [0.29, 0.717) is 16.1 Å². The van der Waals surface area contributed by atoms with Gasteiger partial charge >= 0.3 is 6.18 Å². The number of aliphatic imine (C=N–C) groups is 1. The van der Waals surface area contributed by atoms with E-state index in [-0.39, 0.29) is 18.0 Å². The van der Waals surface area contributed by atoms with E-state index in [4.69, 9.17) is 39.4 Å². The number of fused-ring (bicyclic) bond motifs is 3. The van der Waals surface area contributed by atoms with E-state index in [2.05, 4.69) is 4.99 Å². The fourth-order valence-corrected chi connectivity index (χ4v) is 3.52. The summed E-state index contributed by atoms with van der Waals surface area (Å²) in [5.74, 6) is -1.06. The fourth-order valence-electron chi connectivity index (χ4n) is 3.17. The quantitative estimate of drug-likeness (QED) is 0.451. The summed E-state index contributed by atoms with van der Waals surface area (Å²) in [5.41, 5.74) is 11.7. The molecule has 142 valence electrons. The Hall–Kier alpha value is -1.55. The number of epoxide rings is 1. The van der Waals surface area contributed by atoms with Gasteiger partial charge in [-0.05, 0) is 23.3 Å². The molecule has 0 saturated carbocycles. The Kier molecular flexibility index (Phi) is 5.08. The second-order valence-corrected chi connectivity index (χ2v) is 6.91. The van der Waals surface area contributed by atoms with Crippen LogP contribution in [0.1, 0.15) is 36.1 Å². The lowest BCUT2D eigenvalue weighted by molar-refractivity contribution is -0.141. The normalized spacial score (nSPS) is 24.6. The largest absolute Gasteiger partial charge is 0.390 e. The molecule has 0 radical (unpaired) electrons. The van der Waals surface area contributed by atoms with Gasteiger partial charge in [0.2, 0.25) is 0 Å². The molecule has 4 N–H and O–H groups in total. The van der Waals surface area contributed by atoms with Gasteiger partial charge in [-0.15, -0.1) is 0 Å². The minimum atomic E-state index is -4.34. The summed E-state index contributed by atoms with van der Waals surface area (Å²) in [6.07, 6.45) is -6.55. The minimum absolute atomic E-state index is 0.215. The number of guanidine groups is 1. The molecule has 1 saturated heterocycles. The van der Waals surface area contributed by atoms with Crippen molar-refractivity contribution in [3.63, 3.8) is 0 Å². The van der Waals surface area contributed by atoms with Crippen molar-refractivity contribution in [3.8, 4) is 0 Å². The van der Waals surface area contributed by atoms with E-state index in [0.717, 1.165) is 0 Å². The number of alkyl halides is 3. The van der Waals surface area contributed by atoms with Crippen LogP contribution in [0, 0.1) is 0 Å². The zero-order valence-electron chi connectivity index (χ0n) is 13.3. The monoisotopic (exact) mass is 410 g/mol. The Bertz CT molecular complexity index is 768. The van der Waals surface area contributed by atoms with Crippen molar-refractivity contribution in [2.75, 3.05) is 6.54 Å².